The number of ketones is 1. The third-order valence-corrected chi connectivity index (χ3v) is 3.47. The lowest BCUT2D eigenvalue weighted by Crippen LogP contribution is -2.37. The van der Waals surface area contributed by atoms with Gasteiger partial charge in [-0.05, 0) is 31.2 Å². The molecule has 7 heteroatoms. The number of carbonyl (C=O) groups excluding carboxylic acids is 3. The van der Waals surface area contributed by atoms with Crippen molar-refractivity contribution in [1.29, 1.82) is 0 Å². The number of Topliss-reactive ketones (excluding diaryl/α,β-unsaturated/α-hetero) is 1. The van der Waals surface area contributed by atoms with E-state index in [9.17, 15) is 23.2 Å². The van der Waals surface area contributed by atoms with Crippen molar-refractivity contribution in [2.75, 3.05) is 16.8 Å². The summed E-state index contributed by atoms with van der Waals surface area (Å²) in [5, 5.41) is 2.12. The van der Waals surface area contributed by atoms with Crippen molar-refractivity contribution in [3.05, 3.63) is 59.7 Å². The normalized spacial score (nSPS) is 10.2. The molecular formula is C18H16F2N2O3. The fourth-order valence-electron chi connectivity index (χ4n) is 2.22. The second-order valence-corrected chi connectivity index (χ2v) is 5.36. The summed E-state index contributed by atoms with van der Waals surface area (Å²) >= 11 is 0. The molecule has 0 aliphatic rings. The first-order valence-corrected chi connectivity index (χ1v) is 7.42. The Morgan fingerprint density at radius 1 is 1.00 bits per heavy atom. The van der Waals surface area contributed by atoms with E-state index in [-0.39, 0.29) is 5.78 Å². The molecular weight excluding hydrogens is 330 g/mol. The molecule has 0 saturated heterocycles. The van der Waals surface area contributed by atoms with Crippen LogP contribution in [0.1, 0.15) is 24.2 Å². The first-order valence-electron chi connectivity index (χ1n) is 7.42. The molecule has 0 aliphatic heterocycles. The Balaban J connectivity index is 2.22. The van der Waals surface area contributed by atoms with Gasteiger partial charge in [0, 0.05) is 18.2 Å². The summed E-state index contributed by atoms with van der Waals surface area (Å²) in [6, 6.07) is 9.39. The van der Waals surface area contributed by atoms with Gasteiger partial charge < -0.3 is 10.2 Å². The van der Waals surface area contributed by atoms with Crippen LogP contribution in [0.4, 0.5) is 20.2 Å². The molecule has 0 aromatic heterocycles. The summed E-state index contributed by atoms with van der Waals surface area (Å²) < 4.78 is 27.2. The first-order chi connectivity index (χ1) is 11.8. The molecule has 0 heterocycles. The highest BCUT2D eigenvalue weighted by Gasteiger charge is 2.19. The van der Waals surface area contributed by atoms with Crippen LogP contribution in [0.2, 0.25) is 0 Å². The maximum atomic E-state index is 13.6. The second kappa shape index (κ2) is 7.65. The van der Waals surface area contributed by atoms with Crippen LogP contribution in [0, 0.1) is 11.6 Å². The van der Waals surface area contributed by atoms with Crippen LogP contribution in [0.3, 0.4) is 0 Å². The zero-order valence-corrected chi connectivity index (χ0v) is 13.7. The van der Waals surface area contributed by atoms with E-state index < -0.39 is 35.7 Å². The summed E-state index contributed by atoms with van der Waals surface area (Å²) in [6.45, 7) is 2.17. The molecule has 130 valence electrons. The van der Waals surface area contributed by atoms with Crippen LogP contribution in [-0.4, -0.2) is 24.1 Å². The van der Waals surface area contributed by atoms with Gasteiger partial charge in [-0.3, -0.25) is 14.4 Å². The van der Waals surface area contributed by atoms with Gasteiger partial charge in [0.25, 0.3) is 0 Å². The Morgan fingerprint density at radius 2 is 1.60 bits per heavy atom. The molecule has 25 heavy (non-hydrogen) atoms. The van der Waals surface area contributed by atoms with Crippen LogP contribution in [0.15, 0.2) is 42.5 Å². The highest BCUT2D eigenvalue weighted by Crippen LogP contribution is 2.20. The molecule has 0 saturated carbocycles. The Morgan fingerprint density at radius 3 is 2.16 bits per heavy atom. The van der Waals surface area contributed by atoms with Crippen molar-refractivity contribution in [1.82, 2.24) is 0 Å². The van der Waals surface area contributed by atoms with Crippen molar-refractivity contribution in [2.45, 2.75) is 13.8 Å². The quantitative estimate of drug-likeness (QED) is 0.846. The van der Waals surface area contributed by atoms with Crippen molar-refractivity contribution in [2.24, 2.45) is 0 Å². The van der Waals surface area contributed by atoms with E-state index in [0.29, 0.717) is 11.3 Å². The van der Waals surface area contributed by atoms with Gasteiger partial charge >= 0.3 is 0 Å². The molecule has 0 bridgehead atoms. The minimum atomic E-state index is -0.915. The molecule has 0 radical (unpaired) electrons. The van der Waals surface area contributed by atoms with E-state index >= 15 is 0 Å². The van der Waals surface area contributed by atoms with E-state index in [1.165, 1.54) is 26.0 Å². The van der Waals surface area contributed by atoms with Gasteiger partial charge in [-0.1, -0.05) is 18.2 Å². The smallest absolute Gasteiger partial charge is 0.244 e. The predicted molar refractivity (Wildman–Crippen MR) is 89.5 cm³/mol. The van der Waals surface area contributed by atoms with Crippen LogP contribution >= 0.6 is 0 Å². The van der Waals surface area contributed by atoms with Crippen molar-refractivity contribution in [3.8, 4) is 0 Å². The van der Waals surface area contributed by atoms with E-state index in [1.807, 2.05) is 0 Å². The van der Waals surface area contributed by atoms with Crippen LogP contribution in [0.5, 0.6) is 0 Å². The van der Waals surface area contributed by atoms with Crippen LogP contribution in [-0.2, 0) is 9.59 Å². The minimum Gasteiger partial charge on any atom is -0.320 e. The molecule has 2 aromatic carbocycles. The van der Waals surface area contributed by atoms with E-state index in [2.05, 4.69) is 5.32 Å². The highest BCUT2D eigenvalue weighted by atomic mass is 19.1. The predicted octanol–water partition coefficient (Wildman–Crippen LogP) is 3.16. The van der Waals surface area contributed by atoms with E-state index in [0.717, 1.165) is 17.0 Å². The Bertz CT molecular complexity index is 817. The topological polar surface area (TPSA) is 66.5 Å². The molecule has 2 rings (SSSR count). The zero-order chi connectivity index (χ0) is 18.6. The third-order valence-electron chi connectivity index (χ3n) is 3.47. The average Bonchev–Trinajstić information content (AvgIpc) is 2.56. The highest BCUT2D eigenvalue weighted by molar-refractivity contribution is 6.03. The Kier molecular flexibility index (Phi) is 5.59. The molecule has 0 spiro atoms. The molecule has 0 unspecified atom stereocenters. The van der Waals surface area contributed by atoms with Gasteiger partial charge in [0.1, 0.15) is 23.9 Å². The molecule has 2 amide bonds. The SMILES string of the molecule is CC(=O)c1cccc(N(CC(=O)Nc2c(F)cccc2F)C(C)=O)c1. The number of benzene rings is 2. The number of rotatable bonds is 5. The number of hydrogen-bond donors (Lipinski definition) is 1. The molecule has 1 N–H and O–H groups in total. The van der Waals surface area contributed by atoms with E-state index in [1.54, 1.807) is 18.2 Å². The van der Waals surface area contributed by atoms with Gasteiger partial charge in [0.05, 0.1) is 0 Å². The van der Waals surface area contributed by atoms with Gasteiger partial charge in [0.2, 0.25) is 11.8 Å². The number of para-hydroxylation sites is 1. The number of nitrogens with one attached hydrogen (secondary N) is 1. The minimum absolute atomic E-state index is 0.191. The number of nitrogens with zero attached hydrogens (tertiary/aromatic N) is 1. The monoisotopic (exact) mass is 346 g/mol. The number of hydrogen-bond acceptors (Lipinski definition) is 3. The lowest BCUT2D eigenvalue weighted by molar-refractivity contribution is -0.120. The van der Waals surface area contributed by atoms with Crippen LogP contribution < -0.4 is 10.2 Å². The van der Waals surface area contributed by atoms with E-state index in [4.69, 9.17) is 0 Å². The van der Waals surface area contributed by atoms with Gasteiger partial charge in [-0.25, -0.2) is 8.78 Å². The van der Waals surface area contributed by atoms with Crippen molar-refractivity contribution >= 4 is 29.0 Å². The lowest BCUT2D eigenvalue weighted by atomic mass is 10.1. The van der Waals surface area contributed by atoms with Gasteiger partial charge in [-0.15, -0.1) is 0 Å². The second-order valence-electron chi connectivity index (χ2n) is 5.36. The maximum Gasteiger partial charge on any atom is 0.244 e. The van der Waals surface area contributed by atoms with Gasteiger partial charge in [-0.2, -0.15) is 0 Å². The van der Waals surface area contributed by atoms with Crippen molar-refractivity contribution in [3.63, 3.8) is 0 Å². The number of halogens is 2. The Labute approximate surface area is 143 Å². The number of carbonyl (C=O) groups is 3. The third kappa shape index (κ3) is 4.47. The first kappa shape index (κ1) is 18.3. The summed E-state index contributed by atoms with van der Waals surface area (Å²) in [5.74, 6) is -3.25. The molecule has 2 aromatic rings. The molecule has 0 aliphatic carbocycles. The molecule has 0 fully saturated rings. The summed E-state index contributed by atoms with van der Waals surface area (Å²) in [6.07, 6.45) is 0. The van der Waals surface area contributed by atoms with Gasteiger partial charge in [0.15, 0.2) is 5.78 Å². The standard InChI is InChI=1S/C18H16F2N2O3/c1-11(23)13-5-3-6-14(9-13)22(12(2)24)10-17(25)21-18-15(19)7-4-8-16(18)20/h3-9H,10H2,1-2H3,(H,21,25). The molecule has 0 atom stereocenters. The summed E-state index contributed by atoms with van der Waals surface area (Å²) in [4.78, 5) is 36.6. The summed E-state index contributed by atoms with van der Waals surface area (Å²) in [7, 11) is 0. The zero-order valence-electron chi connectivity index (χ0n) is 13.7. The fraction of sp³-hybridized carbons (Fsp3) is 0.167. The lowest BCUT2D eigenvalue weighted by Gasteiger charge is -2.21. The summed E-state index contributed by atoms with van der Waals surface area (Å²) in [5.41, 5.74) is 0.141. The van der Waals surface area contributed by atoms with Crippen molar-refractivity contribution < 1.29 is 23.2 Å². The maximum absolute atomic E-state index is 13.6. The van der Waals surface area contributed by atoms with Crippen LogP contribution in [0.25, 0.3) is 0 Å². The number of anilines is 2. The Hall–Kier alpha value is -3.09. The fourth-order valence-corrected chi connectivity index (χ4v) is 2.22. The number of amides is 2. The molecule has 5 nitrogen and oxygen atoms in total. The average molecular weight is 346 g/mol. The largest absolute Gasteiger partial charge is 0.320 e.